The fraction of sp³-hybridized carbons (Fsp3) is 0.235. The van der Waals surface area contributed by atoms with Crippen molar-refractivity contribution in [3.63, 3.8) is 0 Å². The number of aromatic nitrogens is 1. The number of ether oxygens (including phenoxy) is 1. The molecule has 2 rings (SSSR count). The molecule has 0 N–H and O–H groups in total. The molecule has 0 spiro atoms. The van der Waals surface area contributed by atoms with Crippen LogP contribution in [0.15, 0.2) is 35.4 Å². The summed E-state index contributed by atoms with van der Waals surface area (Å²) in [4.78, 5) is 16.3. The molecule has 118 valence electrons. The van der Waals surface area contributed by atoms with E-state index in [1.54, 1.807) is 19.9 Å². The largest absolute Gasteiger partial charge is 0.462 e. The molecule has 0 aliphatic heterocycles. The zero-order chi connectivity index (χ0) is 16.8. The van der Waals surface area contributed by atoms with Gasteiger partial charge in [0.2, 0.25) is 0 Å². The highest BCUT2D eigenvalue weighted by Crippen LogP contribution is 2.27. The highest BCUT2D eigenvalue weighted by molar-refractivity contribution is 7.98. The van der Waals surface area contributed by atoms with Gasteiger partial charge >= 0.3 is 5.97 Å². The molecule has 23 heavy (non-hydrogen) atoms. The van der Waals surface area contributed by atoms with Crippen molar-refractivity contribution in [1.82, 2.24) is 4.98 Å². The first-order valence-electron chi connectivity index (χ1n) is 7.01. The Morgan fingerprint density at radius 1 is 1.43 bits per heavy atom. The fourth-order valence-corrected chi connectivity index (χ4v) is 3.12. The molecule has 6 heteroatoms. The maximum Gasteiger partial charge on any atom is 0.340 e. The Labute approximate surface area is 144 Å². The summed E-state index contributed by atoms with van der Waals surface area (Å²) in [6.45, 7) is 3.75. The van der Waals surface area contributed by atoms with E-state index in [9.17, 15) is 10.1 Å². The van der Waals surface area contributed by atoms with Crippen molar-refractivity contribution in [3.05, 3.63) is 57.7 Å². The number of rotatable bonds is 5. The first-order valence-corrected chi connectivity index (χ1v) is 8.37. The summed E-state index contributed by atoms with van der Waals surface area (Å²) in [5, 5.41) is 10.6. The molecule has 0 radical (unpaired) electrons. The third-order valence-corrected chi connectivity index (χ3v) is 4.36. The highest BCUT2D eigenvalue weighted by atomic mass is 35.5. The van der Waals surface area contributed by atoms with Crippen molar-refractivity contribution in [2.75, 3.05) is 6.61 Å². The van der Waals surface area contributed by atoms with Gasteiger partial charge in [-0.2, -0.15) is 5.26 Å². The van der Waals surface area contributed by atoms with Crippen molar-refractivity contribution in [2.24, 2.45) is 0 Å². The second-order valence-electron chi connectivity index (χ2n) is 4.72. The number of hydrogen-bond acceptors (Lipinski definition) is 5. The molecule has 0 unspecified atom stereocenters. The monoisotopic (exact) mass is 346 g/mol. The number of esters is 1. The molecule has 0 saturated carbocycles. The number of thioether (sulfide) groups is 1. The Hall–Kier alpha value is -2.03. The van der Waals surface area contributed by atoms with Gasteiger partial charge in [-0.15, -0.1) is 11.8 Å². The molecule has 0 atom stereocenters. The van der Waals surface area contributed by atoms with Gasteiger partial charge in [0.05, 0.1) is 23.4 Å². The molecule has 0 amide bonds. The van der Waals surface area contributed by atoms with Crippen LogP contribution < -0.4 is 0 Å². The van der Waals surface area contributed by atoms with Crippen LogP contribution in [0.2, 0.25) is 5.02 Å². The molecule has 0 bridgehead atoms. The van der Waals surface area contributed by atoms with Crippen molar-refractivity contribution in [3.8, 4) is 6.07 Å². The van der Waals surface area contributed by atoms with E-state index in [1.807, 2.05) is 24.3 Å². The van der Waals surface area contributed by atoms with E-state index in [1.165, 1.54) is 11.8 Å². The fourth-order valence-electron chi connectivity index (χ4n) is 1.97. The predicted octanol–water partition coefficient (Wildman–Crippen LogP) is 4.38. The quantitative estimate of drug-likeness (QED) is 0.593. The van der Waals surface area contributed by atoms with Crippen molar-refractivity contribution in [1.29, 1.82) is 5.26 Å². The maximum atomic E-state index is 11.9. The third kappa shape index (κ3) is 4.47. The van der Waals surface area contributed by atoms with E-state index in [4.69, 9.17) is 16.3 Å². The standard InChI is InChI=1S/C17H15ClN2O2S/c1-3-22-17(21)15-8-13(9-19)16(20-11(15)2)23-10-12-5-4-6-14(18)7-12/h4-8H,3,10H2,1-2H3. The number of aryl methyl sites for hydroxylation is 1. The lowest BCUT2D eigenvalue weighted by molar-refractivity contribution is 0.0524. The summed E-state index contributed by atoms with van der Waals surface area (Å²) < 4.78 is 4.98. The predicted molar refractivity (Wildman–Crippen MR) is 90.7 cm³/mol. The molecule has 1 aromatic carbocycles. The van der Waals surface area contributed by atoms with Gasteiger partial charge in [-0.1, -0.05) is 23.7 Å². The van der Waals surface area contributed by atoms with Gasteiger partial charge in [0.25, 0.3) is 0 Å². The lowest BCUT2D eigenvalue weighted by Gasteiger charge is -2.09. The molecule has 0 fully saturated rings. The second-order valence-corrected chi connectivity index (χ2v) is 6.13. The van der Waals surface area contributed by atoms with Gasteiger partial charge in [-0.05, 0) is 37.6 Å². The van der Waals surface area contributed by atoms with Crippen molar-refractivity contribution >= 4 is 29.3 Å². The van der Waals surface area contributed by atoms with E-state index in [0.717, 1.165) is 5.56 Å². The summed E-state index contributed by atoms with van der Waals surface area (Å²) in [5.74, 6) is 0.181. The third-order valence-electron chi connectivity index (χ3n) is 3.06. The minimum atomic E-state index is -0.458. The number of pyridine rings is 1. The number of halogens is 1. The van der Waals surface area contributed by atoms with Crippen LogP contribution in [0.1, 0.15) is 34.1 Å². The van der Waals surface area contributed by atoms with E-state index < -0.39 is 5.97 Å². The van der Waals surface area contributed by atoms with Crippen LogP contribution in [0.3, 0.4) is 0 Å². The molecule has 1 heterocycles. The van der Waals surface area contributed by atoms with Crippen LogP contribution in [0, 0.1) is 18.3 Å². The summed E-state index contributed by atoms with van der Waals surface area (Å²) >= 11 is 7.40. The van der Waals surface area contributed by atoms with Gasteiger partial charge in [0, 0.05) is 10.8 Å². The second kappa shape index (κ2) is 8.00. The Bertz CT molecular complexity index is 772. The van der Waals surface area contributed by atoms with Crippen LogP contribution in [0.4, 0.5) is 0 Å². The topological polar surface area (TPSA) is 63.0 Å². The zero-order valence-electron chi connectivity index (χ0n) is 12.8. The van der Waals surface area contributed by atoms with Gasteiger partial charge < -0.3 is 4.74 Å². The molecule has 1 aromatic heterocycles. The van der Waals surface area contributed by atoms with E-state index >= 15 is 0 Å². The molecular formula is C17H15ClN2O2S. The van der Waals surface area contributed by atoms with Crippen LogP contribution in [0.5, 0.6) is 0 Å². The average molecular weight is 347 g/mol. The van der Waals surface area contributed by atoms with Crippen LogP contribution in [0.25, 0.3) is 0 Å². The summed E-state index contributed by atoms with van der Waals surface area (Å²) in [6, 6.07) is 11.2. The summed E-state index contributed by atoms with van der Waals surface area (Å²) in [7, 11) is 0. The molecule has 0 aliphatic rings. The van der Waals surface area contributed by atoms with Gasteiger partial charge in [0.1, 0.15) is 11.1 Å². The Balaban J connectivity index is 2.24. The molecule has 2 aromatic rings. The smallest absolute Gasteiger partial charge is 0.340 e. The zero-order valence-corrected chi connectivity index (χ0v) is 14.4. The molecule has 0 saturated heterocycles. The van der Waals surface area contributed by atoms with E-state index in [0.29, 0.717) is 32.6 Å². The van der Waals surface area contributed by atoms with Crippen LogP contribution in [-0.2, 0) is 10.5 Å². The first-order chi connectivity index (χ1) is 11.0. The van der Waals surface area contributed by atoms with Crippen LogP contribution in [-0.4, -0.2) is 17.6 Å². The van der Waals surface area contributed by atoms with E-state index in [2.05, 4.69) is 11.1 Å². The summed E-state index contributed by atoms with van der Waals surface area (Å²) in [6.07, 6.45) is 0. The Kier molecular flexibility index (Phi) is 6.03. The Morgan fingerprint density at radius 3 is 2.87 bits per heavy atom. The first kappa shape index (κ1) is 17.3. The highest BCUT2D eigenvalue weighted by Gasteiger charge is 2.16. The van der Waals surface area contributed by atoms with Crippen molar-refractivity contribution in [2.45, 2.75) is 24.6 Å². The lowest BCUT2D eigenvalue weighted by Crippen LogP contribution is -2.09. The minimum absolute atomic E-state index is 0.283. The van der Waals surface area contributed by atoms with Crippen LogP contribution >= 0.6 is 23.4 Å². The van der Waals surface area contributed by atoms with Gasteiger partial charge in [-0.3, -0.25) is 0 Å². The number of hydrogen-bond donors (Lipinski definition) is 0. The number of carbonyl (C=O) groups is 1. The number of nitrogens with zero attached hydrogens (tertiary/aromatic N) is 2. The molecule has 0 aliphatic carbocycles. The Morgan fingerprint density at radius 2 is 2.22 bits per heavy atom. The minimum Gasteiger partial charge on any atom is -0.462 e. The number of nitriles is 1. The number of carbonyl (C=O) groups excluding carboxylic acids is 1. The number of benzene rings is 1. The summed E-state index contributed by atoms with van der Waals surface area (Å²) in [5.41, 5.74) is 2.29. The normalized spacial score (nSPS) is 10.2. The van der Waals surface area contributed by atoms with Gasteiger partial charge in [0.15, 0.2) is 0 Å². The SMILES string of the molecule is CCOC(=O)c1cc(C#N)c(SCc2cccc(Cl)c2)nc1C. The van der Waals surface area contributed by atoms with Gasteiger partial charge in [-0.25, -0.2) is 9.78 Å². The molecular weight excluding hydrogens is 332 g/mol. The average Bonchev–Trinajstić information content (AvgIpc) is 2.53. The lowest BCUT2D eigenvalue weighted by atomic mass is 10.1. The van der Waals surface area contributed by atoms with E-state index in [-0.39, 0.29) is 6.61 Å². The maximum absolute atomic E-state index is 11.9. The molecule has 4 nitrogen and oxygen atoms in total. The van der Waals surface area contributed by atoms with Crippen molar-refractivity contribution < 1.29 is 9.53 Å².